The van der Waals surface area contributed by atoms with Gasteiger partial charge < -0.3 is 19.1 Å². The van der Waals surface area contributed by atoms with E-state index in [2.05, 4.69) is 19.9 Å². The van der Waals surface area contributed by atoms with Gasteiger partial charge in [0.15, 0.2) is 0 Å². The third-order valence-electron chi connectivity index (χ3n) is 6.81. The first-order valence-corrected chi connectivity index (χ1v) is 15.0. The lowest BCUT2D eigenvalue weighted by Crippen LogP contribution is -1.97. The number of imidazole rings is 3. The summed E-state index contributed by atoms with van der Waals surface area (Å²) in [6.07, 6.45) is 0. The monoisotopic (exact) mass is 600 g/mol. The highest BCUT2D eigenvalue weighted by atomic mass is 32.2. The summed E-state index contributed by atoms with van der Waals surface area (Å²) in [4.78, 5) is 23.7. The van der Waals surface area contributed by atoms with Crippen LogP contribution in [0.15, 0.2) is 77.7 Å². The van der Waals surface area contributed by atoms with Crippen molar-refractivity contribution in [2.45, 2.75) is 11.8 Å². The molecule has 0 saturated carbocycles. The highest BCUT2D eigenvalue weighted by molar-refractivity contribution is 7.85. The summed E-state index contributed by atoms with van der Waals surface area (Å²) >= 11 is -2.47. The quantitative estimate of drug-likeness (QED) is 0.123. The van der Waals surface area contributed by atoms with Crippen LogP contribution < -0.4 is 4.18 Å². The van der Waals surface area contributed by atoms with Crippen LogP contribution in [0.2, 0.25) is 0 Å². The van der Waals surface area contributed by atoms with Crippen molar-refractivity contribution in [3.8, 4) is 39.9 Å². The Balaban J connectivity index is 1.40. The maximum Gasteiger partial charge on any atom is 0.357 e. The zero-order valence-corrected chi connectivity index (χ0v) is 23.2. The van der Waals surface area contributed by atoms with E-state index in [1.807, 2.05) is 43.3 Å². The van der Waals surface area contributed by atoms with Crippen LogP contribution in [0.4, 0.5) is 0 Å². The smallest absolute Gasteiger partial charge is 0.357 e. The van der Waals surface area contributed by atoms with Gasteiger partial charge in [0.2, 0.25) is 0 Å². The summed E-state index contributed by atoms with van der Waals surface area (Å²) < 4.78 is 57.8. The Morgan fingerprint density at radius 1 is 0.714 bits per heavy atom. The second-order valence-corrected chi connectivity index (χ2v) is 11.7. The standard InChI is InChI=1S/C28H20N6O6S2/c1-14-2-7-20-23(10-14)33-27(30-20)18-6-3-15(26-29-22-9-5-17(42(37,38)39)13-25(22)32-26)11-19(18)28-31-21-8-4-16(40-41(35)36)12-24(21)34-28/h2-13H,1H3,(H,29,32)(H,30,33)(H,31,34)(H,35,36)(H,37,38,39). The van der Waals surface area contributed by atoms with Crippen molar-refractivity contribution in [1.29, 1.82) is 0 Å². The van der Waals surface area contributed by atoms with Gasteiger partial charge in [-0.25, -0.2) is 15.0 Å². The number of nitrogens with zero attached hydrogens (tertiary/aromatic N) is 3. The molecule has 210 valence electrons. The summed E-state index contributed by atoms with van der Waals surface area (Å²) in [5.74, 6) is 1.81. The molecule has 0 aliphatic rings. The molecule has 3 heterocycles. The number of aromatic nitrogens is 6. The average molecular weight is 601 g/mol. The number of nitrogens with one attached hydrogen (secondary N) is 3. The molecule has 0 radical (unpaired) electrons. The van der Waals surface area contributed by atoms with Crippen LogP contribution in [0.25, 0.3) is 67.3 Å². The van der Waals surface area contributed by atoms with Crippen LogP contribution in [-0.4, -0.2) is 51.6 Å². The predicted molar refractivity (Wildman–Crippen MR) is 158 cm³/mol. The molecule has 0 amide bonds. The molecular formula is C28H20N6O6S2. The summed E-state index contributed by atoms with van der Waals surface area (Å²) in [5.41, 5.74) is 7.07. The van der Waals surface area contributed by atoms with Gasteiger partial charge in [-0.3, -0.25) is 9.11 Å². The normalized spacial score (nSPS) is 12.8. The fourth-order valence-electron chi connectivity index (χ4n) is 4.88. The summed E-state index contributed by atoms with van der Waals surface area (Å²) in [7, 11) is -4.38. The van der Waals surface area contributed by atoms with Crippen LogP contribution in [0.3, 0.4) is 0 Å². The third kappa shape index (κ3) is 4.71. The molecule has 7 rings (SSSR count). The summed E-state index contributed by atoms with van der Waals surface area (Å²) in [6, 6.07) is 20.5. The van der Waals surface area contributed by atoms with Gasteiger partial charge in [-0.2, -0.15) is 12.6 Å². The predicted octanol–water partition coefficient (Wildman–Crippen LogP) is 5.39. The fourth-order valence-corrected chi connectivity index (χ4v) is 5.66. The molecule has 1 unspecified atom stereocenters. The number of aromatic amines is 3. The highest BCUT2D eigenvalue weighted by Crippen LogP contribution is 2.35. The van der Waals surface area contributed by atoms with Crippen LogP contribution in [0, 0.1) is 6.92 Å². The molecule has 0 bridgehead atoms. The van der Waals surface area contributed by atoms with Gasteiger partial charge >= 0.3 is 11.4 Å². The SMILES string of the molecule is Cc1ccc2nc(-c3ccc(-c4nc5ccc(S(=O)(=O)O)cc5[nH]4)cc3-c3nc4ccc(OS(=O)O)cc4[nH]3)[nH]c2c1. The molecular weight excluding hydrogens is 580 g/mol. The number of H-pyrrole nitrogens is 3. The first kappa shape index (κ1) is 26.0. The lowest BCUT2D eigenvalue weighted by atomic mass is 10.0. The molecule has 0 spiro atoms. The van der Waals surface area contributed by atoms with Gasteiger partial charge in [0.05, 0.1) is 38.0 Å². The van der Waals surface area contributed by atoms with Crippen molar-refractivity contribution < 1.29 is 25.9 Å². The largest absolute Gasteiger partial charge is 0.380 e. The van der Waals surface area contributed by atoms with Crippen LogP contribution in [0.5, 0.6) is 5.75 Å². The molecule has 0 aliphatic heterocycles. The molecule has 1 atom stereocenters. The van der Waals surface area contributed by atoms with Gasteiger partial charge in [-0.1, -0.05) is 12.1 Å². The molecule has 4 aromatic carbocycles. The zero-order chi connectivity index (χ0) is 29.2. The van der Waals surface area contributed by atoms with E-state index in [1.165, 1.54) is 18.2 Å². The molecule has 0 aliphatic carbocycles. The van der Waals surface area contributed by atoms with Crippen molar-refractivity contribution in [1.82, 2.24) is 29.9 Å². The van der Waals surface area contributed by atoms with Crippen molar-refractivity contribution in [3.63, 3.8) is 0 Å². The molecule has 7 aromatic rings. The summed E-state index contributed by atoms with van der Waals surface area (Å²) in [6.45, 7) is 2.01. The number of benzene rings is 4. The number of fused-ring (bicyclic) bond motifs is 3. The van der Waals surface area contributed by atoms with Crippen LogP contribution in [0.1, 0.15) is 5.56 Å². The van der Waals surface area contributed by atoms with E-state index in [9.17, 15) is 17.2 Å². The Bertz CT molecular complexity index is 2320. The van der Waals surface area contributed by atoms with E-state index in [4.69, 9.17) is 18.7 Å². The molecule has 5 N–H and O–H groups in total. The number of hydrogen-bond acceptors (Lipinski definition) is 7. The van der Waals surface area contributed by atoms with Crippen LogP contribution >= 0.6 is 0 Å². The van der Waals surface area contributed by atoms with Crippen molar-refractivity contribution in [2.75, 3.05) is 0 Å². The zero-order valence-electron chi connectivity index (χ0n) is 21.6. The number of hydrogen-bond donors (Lipinski definition) is 5. The van der Waals surface area contributed by atoms with Gasteiger partial charge in [0.25, 0.3) is 10.1 Å². The fraction of sp³-hybridized carbons (Fsp3) is 0.0357. The summed E-state index contributed by atoms with van der Waals surface area (Å²) in [5, 5.41) is 0. The lowest BCUT2D eigenvalue weighted by Gasteiger charge is -2.08. The van der Waals surface area contributed by atoms with E-state index in [0.717, 1.165) is 22.2 Å². The average Bonchev–Trinajstić information content (AvgIpc) is 3.67. The maximum atomic E-state index is 11.6. The molecule has 0 fully saturated rings. The van der Waals surface area contributed by atoms with Gasteiger partial charge in [-0.05, 0) is 67.1 Å². The maximum absolute atomic E-state index is 11.6. The minimum Gasteiger partial charge on any atom is -0.380 e. The topological polar surface area (TPSA) is 187 Å². The number of aryl methyl sites for hydroxylation is 1. The molecule has 0 saturated heterocycles. The van der Waals surface area contributed by atoms with E-state index >= 15 is 0 Å². The Morgan fingerprint density at radius 3 is 2.02 bits per heavy atom. The van der Waals surface area contributed by atoms with E-state index in [1.54, 1.807) is 18.2 Å². The minimum absolute atomic E-state index is 0.201. The van der Waals surface area contributed by atoms with Gasteiger partial charge in [0.1, 0.15) is 23.2 Å². The second-order valence-electron chi connectivity index (χ2n) is 9.67. The number of rotatable bonds is 6. The lowest BCUT2D eigenvalue weighted by molar-refractivity contribution is 0.458. The Hall–Kier alpha value is -4.89. The Morgan fingerprint density at radius 2 is 1.31 bits per heavy atom. The van der Waals surface area contributed by atoms with Gasteiger partial charge in [0, 0.05) is 22.8 Å². The van der Waals surface area contributed by atoms with E-state index in [0.29, 0.717) is 50.7 Å². The first-order valence-electron chi connectivity index (χ1n) is 12.5. The van der Waals surface area contributed by atoms with E-state index < -0.39 is 21.5 Å². The first-order chi connectivity index (χ1) is 20.1. The Kier molecular flexibility index (Phi) is 5.95. The third-order valence-corrected chi connectivity index (χ3v) is 8.00. The van der Waals surface area contributed by atoms with Crippen molar-refractivity contribution in [3.05, 3.63) is 78.4 Å². The van der Waals surface area contributed by atoms with Crippen LogP contribution in [-0.2, 0) is 21.5 Å². The second kappa shape index (κ2) is 9.60. The van der Waals surface area contributed by atoms with Crippen molar-refractivity contribution >= 4 is 54.6 Å². The molecule has 42 heavy (non-hydrogen) atoms. The minimum atomic E-state index is -4.38. The molecule has 14 heteroatoms. The van der Waals surface area contributed by atoms with Crippen molar-refractivity contribution in [2.24, 2.45) is 0 Å². The Labute approximate surface area is 240 Å². The molecule has 3 aromatic heterocycles. The molecule has 12 nitrogen and oxygen atoms in total. The highest BCUT2D eigenvalue weighted by Gasteiger charge is 2.19. The van der Waals surface area contributed by atoms with Gasteiger partial charge in [-0.15, -0.1) is 0 Å². The van der Waals surface area contributed by atoms with E-state index in [-0.39, 0.29) is 10.6 Å².